The molecule has 0 radical (unpaired) electrons. The van der Waals surface area contributed by atoms with Gasteiger partial charge in [-0.2, -0.15) is 0 Å². The third-order valence-electron chi connectivity index (χ3n) is 7.49. The number of aromatic nitrogens is 1. The van der Waals surface area contributed by atoms with E-state index in [0.29, 0.717) is 35.5 Å². The molecule has 4 bridgehead atoms. The van der Waals surface area contributed by atoms with Crippen molar-refractivity contribution in [3.05, 3.63) is 59.9 Å². The topological polar surface area (TPSA) is 100 Å². The summed E-state index contributed by atoms with van der Waals surface area (Å²) in [4.78, 5) is 42.2. The summed E-state index contributed by atoms with van der Waals surface area (Å²) in [7, 11) is 0. The highest BCUT2D eigenvalue weighted by molar-refractivity contribution is 5.98. The average molecular weight is 447 g/mol. The van der Waals surface area contributed by atoms with Crippen LogP contribution in [0.25, 0.3) is 0 Å². The number of rotatable bonds is 7. The van der Waals surface area contributed by atoms with Crippen LogP contribution < -0.4 is 16.0 Å². The minimum absolute atomic E-state index is 0.0411. The second kappa shape index (κ2) is 8.96. The molecule has 0 atom stereocenters. The number of carbonyl (C=O) groups is 3. The van der Waals surface area contributed by atoms with Gasteiger partial charge in [0, 0.05) is 22.9 Å². The molecule has 2 aromatic rings. The molecule has 6 rings (SSSR count). The predicted molar refractivity (Wildman–Crippen MR) is 124 cm³/mol. The Balaban J connectivity index is 1.13. The first-order valence-corrected chi connectivity index (χ1v) is 11.9. The maximum absolute atomic E-state index is 13.0. The van der Waals surface area contributed by atoms with E-state index < -0.39 is 0 Å². The van der Waals surface area contributed by atoms with Crippen LogP contribution in [0.15, 0.2) is 48.7 Å². The zero-order valence-corrected chi connectivity index (χ0v) is 18.7. The van der Waals surface area contributed by atoms with E-state index in [0.717, 1.165) is 25.0 Å². The highest BCUT2D eigenvalue weighted by Gasteiger charge is 2.54. The van der Waals surface area contributed by atoms with E-state index in [-0.39, 0.29) is 29.7 Å². The number of nitrogens with one attached hydrogen (secondary N) is 3. The Labute approximate surface area is 193 Å². The van der Waals surface area contributed by atoms with Gasteiger partial charge in [0.25, 0.3) is 5.91 Å². The lowest BCUT2D eigenvalue weighted by molar-refractivity contribution is -0.146. The van der Waals surface area contributed by atoms with E-state index in [1.165, 1.54) is 19.3 Å². The minimum Gasteiger partial charge on any atom is -0.347 e. The van der Waals surface area contributed by atoms with Crippen LogP contribution >= 0.6 is 0 Å². The van der Waals surface area contributed by atoms with E-state index in [1.807, 2.05) is 18.2 Å². The van der Waals surface area contributed by atoms with Crippen LogP contribution in [0.2, 0.25) is 0 Å². The third-order valence-corrected chi connectivity index (χ3v) is 7.49. The van der Waals surface area contributed by atoms with E-state index in [1.54, 1.807) is 30.5 Å². The average Bonchev–Trinajstić information content (AvgIpc) is 2.81. The molecule has 1 heterocycles. The molecule has 0 spiro atoms. The number of amides is 3. The van der Waals surface area contributed by atoms with Gasteiger partial charge in [0.2, 0.25) is 11.8 Å². The summed E-state index contributed by atoms with van der Waals surface area (Å²) in [5, 5.41) is 8.52. The van der Waals surface area contributed by atoms with Gasteiger partial charge in [0.1, 0.15) is 0 Å². The Hall–Kier alpha value is -3.22. The minimum atomic E-state index is -0.292. The monoisotopic (exact) mass is 446 g/mol. The van der Waals surface area contributed by atoms with Gasteiger partial charge in [0.15, 0.2) is 0 Å². The molecule has 172 valence electrons. The summed E-state index contributed by atoms with van der Waals surface area (Å²) in [6, 6.07) is 12.3. The van der Waals surface area contributed by atoms with Gasteiger partial charge in [-0.25, -0.2) is 0 Å². The molecule has 4 saturated carbocycles. The smallest absolute Gasteiger partial charge is 0.251 e. The SMILES string of the molecule is O=C(CNC(=O)C12CC3CC(CC(C3)C1)C2)Nc1cccc(C(=O)NCc2ccccn2)c1. The van der Waals surface area contributed by atoms with Crippen LogP contribution in [0.5, 0.6) is 0 Å². The molecule has 0 saturated heterocycles. The largest absolute Gasteiger partial charge is 0.347 e. The number of hydrogen-bond donors (Lipinski definition) is 3. The Morgan fingerprint density at radius 1 is 0.909 bits per heavy atom. The van der Waals surface area contributed by atoms with Crippen LogP contribution in [-0.2, 0) is 16.1 Å². The molecule has 7 heteroatoms. The van der Waals surface area contributed by atoms with Crippen molar-refractivity contribution >= 4 is 23.4 Å². The van der Waals surface area contributed by atoms with Gasteiger partial charge in [-0.3, -0.25) is 19.4 Å². The first-order chi connectivity index (χ1) is 16.0. The van der Waals surface area contributed by atoms with E-state index in [9.17, 15) is 14.4 Å². The fraction of sp³-hybridized carbons (Fsp3) is 0.462. The molecule has 33 heavy (non-hydrogen) atoms. The number of nitrogens with zero attached hydrogens (tertiary/aromatic N) is 1. The van der Waals surface area contributed by atoms with Crippen molar-refractivity contribution in [2.75, 3.05) is 11.9 Å². The van der Waals surface area contributed by atoms with Crippen molar-refractivity contribution in [1.82, 2.24) is 15.6 Å². The maximum atomic E-state index is 13.0. The summed E-state index contributed by atoms with van der Waals surface area (Å²) in [6.45, 7) is 0.267. The van der Waals surface area contributed by atoms with Gasteiger partial charge in [-0.1, -0.05) is 12.1 Å². The fourth-order valence-corrected chi connectivity index (χ4v) is 6.46. The molecule has 4 fully saturated rings. The van der Waals surface area contributed by atoms with E-state index >= 15 is 0 Å². The Kier molecular flexibility index (Phi) is 5.87. The van der Waals surface area contributed by atoms with Crippen LogP contribution in [0.3, 0.4) is 0 Å². The summed E-state index contributed by atoms with van der Waals surface area (Å²) >= 11 is 0. The number of benzene rings is 1. The summed E-state index contributed by atoms with van der Waals surface area (Å²) in [5.74, 6) is 1.55. The Bertz CT molecular complexity index is 1020. The highest BCUT2D eigenvalue weighted by atomic mass is 16.2. The molecule has 0 aliphatic heterocycles. The molecule has 1 aromatic carbocycles. The van der Waals surface area contributed by atoms with Crippen LogP contribution in [0.1, 0.15) is 54.6 Å². The van der Waals surface area contributed by atoms with Gasteiger partial charge >= 0.3 is 0 Å². The molecule has 7 nitrogen and oxygen atoms in total. The van der Waals surface area contributed by atoms with Crippen molar-refractivity contribution in [3.63, 3.8) is 0 Å². The molecular weight excluding hydrogens is 416 g/mol. The lowest BCUT2D eigenvalue weighted by atomic mass is 9.49. The van der Waals surface area contributed by atoms with Gasteiger partial charge in [0.05, 0.1) is 18.8 Å². The van der Waals surface area contributed by atoms with E-state index in [2.05, 4.69) is 20.9 Å². The quantitative estimate of drug-likeness (QED) is 0.608. The third kappa shape index (κ3) is 4.77. The summed E-state index contributed by atoms with van der Waals surface area (Å²) in [6.07, 6.45) is 8.43. The number of hydrogen-bond acceptors (Lipinski definition) is 4. The highest BCUT2D eigenvalue weighted by Crippen LogP contribution is 2.60. The van der Waals surface area contributed by atoms with Gasteiger partial charge in [-0.05, 0) is 86.6 Å². The van der Waals surface area contributed by atoms with Crippen LogP contribution in [0.4, 0.5) is 5.69 Å². The van der Waals surface area contributed by atoms with Crippen molar-refractivity contribution < 1.29 is 14.4 Å². The van der Waals surface area contributed by atoms with Crippen LogP contribution in [-0.4, -0.2) is 29.3 Å². The van der Waals surface area contributed by atoms with Gasteiger partial charge < -0.3 is 16.0 Å². The Morgan fingerprint density at radius 3 is 2.30 bits per heavy atom. The summed E-state index contributed by atoms with van der Waals surface area (Å²) < 4.78 is 0. The van der Waals surface area contributed by atoms with Crippen molar-refractivity contribution in [1.29, 1.82) is 0 Å². The van der Waals surface area contributed by atoms with Crippen molar-refractivity contribution in [3.8, 4) is 0 Å². The molecule has 4 aliphatic rings. The van der Waals surface area contributed by atoms with Crippen molar-refractivity contribution in [2.24, 2.45) is 23.2 Å². The normalized spacial score (nSPS) is 27.1. The zero-order valence-electron chi connectivity index (χ0n) is 18.7. The first kappa shape index (κ1) is 21.6. The zero-order chi connectivity index (χ0) is 22.8. The number of pyridine rings is 1. The second-order valence-corrected chi connectivity index (χ2v) is 10.0. The van der Waals surface area contributed by atoms with Gasteiger partial charge in [-0.15, -0.1) is 0 Å². The maximum Gasteiger partial charge on any atom is 0.251 e. The predicted octanol–water partition coefficient (Wildman–Crippen LogP) is 3.28. The molecule has 1 aromatic heterocycles. The first-order valence-electron chi connectivity index (χ1n) is 11.9. The second-order valence-electron chi connectivity index (χ2n) is 10.0. The van der Waals surface area contributed by atoms with E-state index in [4.69, 9.17) is 0 Å². The number of anilines is 1. The standard InChI is InChI=1S/C26H30N4O3/c31-23(16-29-25(33)26-12-17-8-18(13-26)10-19(9-17)14-26)30-21-6-3-4-20(11-21)24(32)28-15-22-5-1-2-7-27-22/h1-7,11,17-19H,8-10,12-16H2,(H,28,32)(H,29,33)(H,30,31). The molecular formula is C26H30N4O3. The van der Waals surface area contributed by atoms with Crippen LogP contribution in [0, 0.1) is 23.2 Å². The summed E-state index contributed by atoms with van der Waals surface area (Å²) in [5.41, 5.74) is 1.47. The number of carbonyl (C=O) groups excluding carboxylic acids is 3. The lowest BCUT2D eigenvalue weighted by Gasteiger charge is -2.55. The van der Waals surface area contributed by atoms with Crippen molar-refractivity contribution in [2.45, 2.75) is 45.1 Å². The molecule has 3 amide bonds. The molecule has 4 aliphatic carbocycles. The molecule has 3 N–H and O–H groups in total. The molecule has 0 unspecified atom stereocenters. The lowest BCUT2D eigenvalue weighted by Crippen LogP contribution is -2.54. The fourth-order valence-electron chi connectivity index (χ4n) is 6.46. The Morgan fingerprint density at radius 2 is 1.64 bits per heavy atom.